The van der Waals surface area contributed by atoms with Gasteiger partial charge in [-0.3, -0.25) is 4.98 Å². The van der Waals surface area contributed by atoms with Gasteiger partial charge in [0.1, 0.15) is 5.60 Å². The molecule has 0 spiro atoms. The first-order chi connectivity index (χ1) is 9.74. The molecule has 1 aromatic rings. The molecular formula is C17H28N2O2S. The third kappa shape index (κ3) is 5.20. The molecule has 124 valence electrons. The van der Waals surface area contributed by atoms with Crippen molar-refractivity contribution < 1.29 is 9.53 Å². The average Bonchev–Trinajstić information content (AvgIpc) is 2.79. The van der Waals surface area contributed by atoms with Crippen molar-refractivity contribution in [3.8, 4) is 0 Å². The Morgan fingerprint density at radius 3 is 2.64 bits per heavy atom. The number of ether oxygens (including phenoxy) is 1. The summed E-state index contributed by atoms with van der Waals surface area (Å²) in [6.45, 7) is 11.3. The molecule has 0 aromatic carbocycles. The van der Waals surface area contributed by atoms with Crippen LogP contribution < -0.4 is 0 Å². The van der Waals surface area contributed by atoms with Gasteiger partial charge >= 0.3 is 6.09 Å². The summed E-state index contributed by atoms with van der Waals surface area (Å²) in [6, 6.07) is 4.22. The van der Waals surface area contributed by atoms with Crippen molar-refractivity contribution >= 4 is 19.6 Å². The molecule has 0 radical (unpaired) electrons. The van der Waals surface area contributed by atoms with Gasteiger partial charge in [0.2, 0.25) is 0 Å². The van der Waals surface area contributed by atoms with Crippen LogP contribution in [0.5, 0.6) is 0 Å². The minimum Gasteiger partial charge on any atom is -0.444 e. The van der Waals surface area contributed by atoms with Gasteiger partial charge in [-0.1, -0.05) is 6.07 Å². The van der Waals surface area contributed by atoms with E-state index in [0.717, 1.165) is 37.3 Å². The maximum Gasteiger partial charge on any atom is 0.410 e. The van der Waals surface area contributed by atoms with Crippen molar-refractivity contribution in [3.63, 3.8) is 0 Å². The van der Waals surface area contributed by atoms with Gasteiger partial charge in [0.25, 0.3) is 0 Å². The minimum absolute atomic E-state index is 0. The molecule has 2 rings (SSSR count). The van der Waals surface area contributed by atoms with Gasteiger partial charge in [-0.2, -0.15) is 13.5 Å². The molecule has 0 saturated carbocycles. The van der Waals surface area contributed by atoms with E-state index in [2.05, 4.69) is 24.0 Å². The lowest BCUT2D eigenvalue weighted by Gasteiger charge is -2.24. The Balaban J connectivity index is 0.00000242. The lowest BCUT2D eigenvalue weighted by atomic mass is 9.97. The van der Waals surface area contributed by atoms with E-state index in [9.17, 15) is 4.79 Å². The van der Waals surface area contributed by atoms with Gasteiger partial charge in [0.15, 0.2) is 0 Å². The molecule has 1 aromatic heterocycles. The number of hydrogen-bond donors (Lipinski definition) is 0. The Morgan fingerprint density at radius 1 is 1.36 bits per heavy atom. The van der Waals surface area contributed by atoms with Crippen LogP contribution in [0, 0.1) is 19.8 Å². The van der Waals surface area contributed by atoms with Crippen LogP contribution in [0.15, 0.2) is 12.1 Å². The predicted octanol–water partition coefficient (Wildman–Crippen LogP) is 3.61. The summed E-state index contributed by atoms with van der Waals surface area (Å²) in [5.74, 6) is 0.501. The highest BCUT2D eigenvalue weighted by molar-refractivity contribution is 7.59. The summed E-state index contributed by atoms with van der Waals surface area (Å²) in [4.78, 5) is 18.4. The average molecular weight is 324 g/mol. The summed E-state index contributed by atoms with van der Waals surface area (Å²) in [5, 5.41) is 0. The van der Waals surface area contributed by atoms with E-state index >= 15 is 0 Å². The number of carbonyl (C=O) groups excluding carboxylic acids is 1. The largest absolute Gasteiger partial charge is 0.444 e. The van der Waals surface area contributed by atoms with E-state index < -0.39 is 5.60 Å². The van der Waals surface area contributed by atoms with Gasteiger partial charge in [-0.15, -0.1) is 0 Å². The second-order valence-corrected chi connectivity index (χ2v) is 6.98. The molecule has 2 heterocycles. The third-order valence-electron chi connectivity index (χ3n) is 3.78. The molecule has 22 heavy (non-hydrogen) atoms. The molecule has 1 unspecified atom stereocenters. The Labute approximate surface area is 140 Å². The third-order valence-corrected chi connectivity index (χ3v) is 3.78. The van der Waals surface area contributed by atoms with Crippen molar-refractivity contribution in [2.45, 2.75) is 53.1 Å². The zero-order chi connectivity index (χ0) is 15.6. The van der Waals surface area contributed by atoms with Gasteiger partial charge in [-0.25, -0.2) is 4.79 Å². The fourth-order valence-corrected chi connectivity index (χ4v) is 2.73. The number of nitrogens with zero attached hydrogens (tertiary/aromatic N) is 2. The maximum absolute atomic E-state index is 12.1. The van der Waals surface area contributed by atoms with E-state index in [1.165, 1.54) is 5.56 Å². The first kappa shape index (κ1) is 18.8. The molecule has 4 nitrogen and oxygen atoms in total. The highest BCUT2D eigenvalue weighted by Crippen LogP contribution is 2.23. The molecule has 0 aliphatic carbocycles. The molecular weight excluding hydrogens is 296 g/mol. The van der Waals surface area contributed by atoms with Gasteiger partial charge in [-0.05, 0) is 65.0 Å². The fraction of sp³-hybridized carbons (Fsp3) is 0.647. The second-order valence-electron chi connectivity index (χ2n) is 6.98. The van der Waals surface area contributed by atoms with Crippen molar-refractivity contribution in [1.29, 1.82) is 0 Å². The highest BCUT2D eigenvalue weighted by Gasteiger charge is 2.29. The lowest BCUT2D eigenvalue weighted by molar-refractivity contribution is 0.0288. The van der Waals surface area contributed by atoms with Gasteiger partial charge in [0.05, 0.1) is 0 Å². The van der Waals surface area contributed by atoms with E-state index in [1.807, 2.05) is 32.6 Å². The quantitative estimate of drug-likeness (QED) is 0.834. The molecule has 1 atom stereocenters. The fourth-order valence-electron chi connectivity index (χ4n) is 2.73. The van der Waals surface area contributed by atoms with Crippen LogP contribution in [0.1, 0.15) is 44.1 Å². The number of likely N-dealkylation sites (tertiary alicyclic amines) is 1. The Morgan fingerprint density at radius 2 is 2.05 bits per heavy atom. The first-order valence-electron chi connectivity index (χ1n) is 7.65. The summed E-state index contributed by atoms with van der Waals surface area (Å²) in [6.07, 6.45) is 1.83. The standard InChI is InChI=1S/C17H26N2O2.H2S/c1-12-6-7-15(13(2)18-12)10-14-8-9-19(11-14)16(20)21-17(3,4)5;/h6-7,14H,8-11H2,1-5H3;1H2. The molecule has 1 fully saturated rings. The van der Waals surface area contributed by atoms with Crippen molar-refractivity contribution in [2.24, 2.45) is 5.92 Å². The highest BCUT2D eigenvalue weighted by atomic mass is 32.1. The first-order valence-corrected chi connectivity index (χ1v) is 7.65. The summed E-state index contributed by atoms with van der Waals surface area (Å²) < 4.78 is 5.43. The topological polar surface area (TPSA) is 42.4 Å². The zero-order valence-corrected chi connectivity index (χ0v) is 15.3. The summed E-state index contributed by atoms with van der Waals surface area (Å²) in [5.41, 5.74) is 3.02. The van der Waals surface area contributed by atoms with Crippen LogP contribution in [-0.2, 0) is 11.2 Å². The van der Waals surface area contributed by atoms with Crippen LogP contribution in [0.3, 0.4) is 0 Å². The second kappa shape index (κ2) is 7.36. The maximum atomic E-state index is 12.1. The summed E-state index contributed by atoms with van der Waals surface area (Å²) >= 11 is 0. The smallest absolute Gasteiger partial charge is 0.410 e. The van der Waals surface area contributed by atoms with Gasteiger partial charge < -0.3 is 9.64 Å². The number of aryl methyl sites for hydroxylation is 2. The predicted molar refractivity (Wildman–Crippen MR) is 93.7 cm³/mol. The molecule has 1 aliphatic heterocycles. The zero-order valence-electron chi connectivity index (χ0n) is 14.3. The number of pyridine rings is 1. The molecule has 1 aliphatic rings. The van der Waals surface area contributed by atoms with E-state index in [-0.39, 0.29) is 19.6 Å². The van der Waals surface area contributed by atoms with E-state index in [4.69, 9.17) is 4.74 Å². The number of hydrogen-bond acceptors (Lipinski definition) is 3. The monoisotopic (exact) mass is 324 g/mol. The Bertz CT molecular complexity index is 526. The molecule has 1 amide bonds. The van der Waals surface area contributed by atoms with Gasteiger partial charge in [0, 0.05) is 24.5 Å². The number of carbonyl (C=O) groups is 1. The molecule has 1 saturated heterocycles. The Hall–Kier alpha value is -1.23. The van der Waals surface area contributed by atoms with Crippen LogP contribution >= 0.6 is 13.5 Å². The molecule has 0 bridgehead atoms. The SMILES string of the molecule is Cc1ccc(CC2CCN(C(=O)OC(C)(C)C)C2)c(C)n1.S. The summed E-state index contributed by atoms with van der Waals surface area (Å²) in [7, 11) is 0. The van der Waals surface area contributed by atoms with Crippen LogP contribution in [-0.4, -0.2) is 34.7 Å². The Kier molecular flexibility index (Phi) is 6.29. The van der Waals surface area contributed by atoms with Crippen LogP contribution in [0.2, 0.25) is 0 Å². The normalized spacial score (nSPS) is 18.0. The molecule has 0 N–H and O–H groups in total. The van der Waals surface area contributed by atoms with Crippen molar-refractivity contribution in [1.82, 2.24) is 9.88 Å². The van der Waals surface area contributed by atoms with E-state index in [1.54, 1.807) is 0 Å². The van der Waals surface area contributed by atoms with E-state index in [0.29, 0.717) is 5.92 Å². The minimum atomic E-state index is -0.424. The number of aromatic nitrogens is 1. The number of rotatable bonds is 2. The van der Waals surface area contributed by atoms with Crippen molar-refractivity contribution in [2.75, 3.05) is 13.1 Å². The lowest BCUT2D eigenvalue weighted by Crippen LogP contribution is -2.35. The molecule has 5 heteroatoms. The van der Waals surface area contributed by atoms with Crippen molar-refractivity contribution in [3.05, 3.63) is 29.1 Å². The van der Waals surface area contributed by atoms with Crippen LogP contribution in [0.4, 0.5) is 4.79 Å². The number of amides is 1. The van der Waals surface area contributed by atoms with Crippen LogP contribution in [0.25, 0.3) is 0 Å².